The Hall–Kier alpha value is 0.0400. The van der Waals surface area contributed by atoms with Crippen LogP contribution in [0.2, 0.25) is 0 Å². The van der Waals surface area contributed by atoms with Gasteiger partial charge in [-0.05, 0) is 59.8 Å². The van der Waals surface area contributed by atoms with Crippen molar-refractivity contribution in [3.63, 3.8) is 0 Å². The van der Waals surface area contributed by atoms with Crippen LogP contribution in [0.5, 0.6) is 0 Å². The lowest BCUT2D eigenvalue weighted by molar-refractivity contribution is -0.122. The van der Waals surface area contributed by atoms with E-state index < -0.39 is 0 Å². The van der Waals surface area contributed by atoms with Crippen LogP contribution in [0.25, 0.3) is 0 Å². The van der Waals surface area contributed by atoms with Gasteiger partial charge in [-0.1, -0.05) is 0 Å². The van der Waals surface area contributed by atoms with Crippen molar-refractivity contribution in [1.82, 2.24) is 0 Å². The molecule has 0 spiro atoms. The summed E-state index contributed by atoms with van der Waals surface area (Å²) in [5.41, 5.74) is 0. The highest BCUT2D eigenvalue weighted by atomic mass is 32.2. The Bertz CT molecular complexity index is 391. The summed E-state index contributed by atoms with van der Waals surface area (Å²) in [7, 11) is 0.532. The van der Waals surface area contributed by atoms with E-state index in [0.717, 1.165) is 6.42 Å². The summed E-state index contributed by atoms with van der Waals surface area (Å²) >= 11 is 0. The summed E-state index contributed by atoms with van der Waals surface area (Å²) in [5.74, 6) is 5.69. The SMILES string of the molecule is CC(C)(C(=O)CCCC(=O)C(C)(C)[S+]1CCCC1)[S+]1CCCC1. The molecule has 2 rings (SSSR count). The van der Waals surface area contributed by atoms with Crippen LogP contribution in [-0.2, 0) is 31.4 Å². The molecule has 0 atom stereocenters. The van der Waals surface area contributed by atoms with Crippen molar-refractivity contribution in [1.29, 1.82) is 0 Å². The zero-order valence-electron chi connectivity index (χ0n) is 15.4. The molecule has 0 saturated carbocycles. The van der Waals surface area contributed by atoms with Crippen molar-refractivity contribution in [2.45, 2.75) is 82.1 Å². The van der Waals surface area contributed by atoms with Gasteiger partial charge in [-0.15, -0.1) is 0 Å². The van der Waals surface area contributed by atoms with Crippen LogP contribution in [0.4, 0.5) is 0 Å². The number of hydrogen-bond acceptors (Lipinski definition) is 2. The van der Waals surface area contributed by atoms with Crippen LogP contribution in [0.15, 0.2) is 0 Å². The number of hydrogen-bond donors (Lipinski definition) is 0. The molecule has 2 heterocycles. The van der Waals surface area contributed by atoms with Crippen molar-refractivity contribution in [2.75, 3.05) is 23.0 Å². The second-order valence-corrected chi connectivity index (χ2v) is 13.6. The van der Waals surface area contributed by atoms with E-state index in [0.29, 0.717) is 24.4 Å². The maximum Gasteiger partial charge on any atom is 0.187 e. The van der Waals surface area contributed by atoms with E-state index in [1.807, 2.05) is 0 Å². The summed E-state index contributed by atoms with van der Waals surface area (Å²) in [5, 5.41) is 0. The fourth-order valence-corrected chi connectivity index (χ4v) is 9.17. The molecule has 132 valence electrons. The molecular formula is C19H34O2S2+2. The normalized spacial score (nSPS) is 21.0. The van der Waals surface area contributed by atoms with Crippen LogP contribution in [0.1, 0.15) is 72.6 Å². The maximum atomic E-state index is 12.6. The van der Waals surface area contributed by atoms with Crippen LogP contribution in [0.3, 0.4) is 0 Å². The molecule has 0 bridgehead atoms. The smallest absolute Gasteiger partial charge is 0.187 e. The molecule has 0 N–H and O–H groups in total. The van der Waals surface area contributed by atoms with Gasteiger partial charge in [-0.2, -0.15) is 0 Å². The summed E-state index contributed by atoms with van der Waals surface area (Å²) in [6.45, 7) is 8.54. The van der Waals surface area contributed by atoms with Crippen molar-refractivity contribution in [2.24, 2.45) is 0 Å². The van der Waals surface area contributed by atoms with E-state index in [-0.39, 0.29) is 31.3 Å². The fourth-order valence-electron chi connectivity index (χ4n) is 3.66. The molecule has 2 aliphatic heterocycles. The zero-order valence-corrected chi connectivity index (χ0v) is 17.0. The van der Waals surface area contributed by atoms with Crippen molar-refractivity contribution < 1.29 is 9.59 Å². The standard InChI is InChI=1S/C19H34O2S2/c1-18(2,22-12-5-6-13-22)16(20)10-9-11-17(21)19(3,4)23-14-7-8-15-23/h5-15H2,1-4H3/q+2. The highest BCUT2D eigenvalue weighted by Gasteiger charge is 2.47. The minimum Gasteiger partial charge on any atom is -0.294 e. The Morgan fingerprint density at radius 3 is 1.30 bits per heavy atom. The van der Waals surface area contributed by atoms with E-state index in [9.17, 15) is 9.59 Å². The Balaban J connectivity index is 1.79. The summed E-state index contributed by atoms with van der Waals surface area (Å²) in [6.07, 6.45) is 7.07. The van der Waals surface area contributed by atoms with E-state index in [4.69, 9.17) is 0 Å². The van der Waals surface area contributed by atoms with E-state index >= 15 is 0 Å². The summed E-state index contributed by atoms with van der Waals surface area (Å²) in [4.78, 5) is 25.3. The van der Waals surface area contributed by atoms with Gasteiger partial charge in [0.2, 0.25) is 0 Å². The largest absolute Gasteiger partial charge is 0.294 e. The Morgan fingerprint density at radius 2 is 1.00 bits per heavy atom. The maximum absolute atomic E-state index is 12.6. The van der Waals surface area contributed by atoms with Gasteiger partial charge in [0.1, 0.15) is 23.0 Å². The quantitative estimate of drug-likeness (QED) is 0.620. The molecule has 2 saturated heterocycles. The first-order valence-electron chi connectivity index (χ1n) is 9.18. The third-order valence-corrected chi connectivity index (χ3v) is 12.1. The molecule has 4 heteroatoms. The number of carbonyl (C=O) groups excluding carboxylic acids is 2. The number of ketones is 2. The molecule has 2 fully saturated rings. The van der Waals surface area contributed by atoms with Gasteiger partial charge in [-0.25, -0.2) is 0 Å². The molecular weight excluding hydrogens is 324 g/mol. The number of rotatable bonds is 8. The van der Waals surface area contributed by atoms with Gasteiger partial charge < -0.3 is 0 Å². The van der Waals surface area contributed by atoms with Crippen LogP contribution >= 0.6 is 0 Å². The minimum absolute atomic E-state index is 0.164. The molecule has 23 heavy (non-hydrogen) atoms. The molecule has 0 aromatic rings. The average molecular weight is 359 g/mol. The topological polar surface area (TPSA) is 34.1 Å². The van der Waals surface area contributed by atoms with Gasteiger partial charge in [0.25, 0.3) is 0 Å². The lowest BCUT2D eigenvalue weighted by atomic mass is 9.98. The lowest BCUT2D eigenvalue weighted by Gasteiger charge is -2.23. The third kappa shape index (κ3) is 4.56. The zero-order chi connectivity index (χ0) is 17.1. The van der Waals surface area contributed by atoms with Crippen molar-refractivity contribution in [3.05, 3.63) is 0 Å². The fraction of sp³-hybridized carbons (Fsp3) is 0.895. The predicted molar refractivity (Wildman–Crippen MR) is 105 cm³/mol. The van der Waals surface area contributed by atoms with Gasteiger partial charge >= 0.3 is 0 Å². The lowest BCUT2D eigenvalue weighted by Crippen LogP contribution is -2.43. The number of Topliss-reactive ketones (excluding diaryl/α,β-unsaturated/α-hetero) is 2. The molecule has 2 aliphatic rings. The van der Waals surface area contributed by atoms with Crippen LogP contribution in [0, 0.1) is 0 Å². The number of carbonyl (C=O) groups is 2. The minimum atomic E-state index is -0.164. The van der Waals surface area contributed by atoms with Crippen LogP contribution < -0.4 is 0 Å². The molecule has 2 nitrogen and oxygen atoms in total. The Labute approximate surface area is 148 Å². The van der Waals surface area contributed by atoms with Gasteiger partial charge in [0, 0.05) is 34.6 Å². The highest BCUT2D eigenvalue weighted by molar-refractivity contribution is 7.99. The molecule has 0 amide bonds. The monoisotopic (exact) mass is 358 g/mol. The van der Waals surface area contributed by atoms with E-state index in [2.05, 4.69) is 27.7 Å². The predicted octanol–water partition coefficient (Wildman–Crippen LogP) is 3.68. The average Bonchev–Trinajstić information content (AvgIpc) is 3.19. The highest BCUT2D eigenvalue weighted by Crippen LogP contribution is 2.31. The molecule has 0 aromatic carbocycles. The van der Waals surface area contributed by atoms with E-state index in [1.54, 1.807) is 0 Å². The molecule has 0 radical (unpaired) electrons. The van der Waals surface area contributed by atoms with Crippen molar-refractivity contribution in [3.8, 4) is 0 Å². The Morgan fingerprint density at radius 1 is 0.696 bits per heavy atom. The van der Waals surface area contributed by atoms with E-state index in [1.165, 1.54) is 48.7 Å². The molecule has 0 aromatic heterocycles. The second kappa shape index (κ2) is 7.95. The van der Waals surface area contributed by atoms with Gasteiger partial charge in [-0.3, -0.25) is 9.59 Å². The molecule has 0 aliphatic carbocycles. The van der Waals surface area contributed by atoms with Gasteiger partial charge in [0.15, 0.2) is 21.1 Å². The first-order chi connectivity index (χ1) is 10.8. The Kier molecular flexibility index (Phi) is 6.69. The van der Waals surface area contributed by atoms with Crippen molar-refractivity contribution >= 4 is 33.4 Å². The third-order valence-electron chi connectivity index (χ3n) is 5.66. The first-order valence-corrected chi connectivity index (χ1v) is 12.3. The first kappa shape index (κ1) is 19.4. The van der Waals surface area contributed by atoms with Crippen LogP contribution in [-0.4, -0.2) is 44.1 Å². The molecule has 0 unspecified atom stereocenters. The summed E-state index contributed by atoms with van der Waals surface area (Å²) in [6, 6.07) is 0. The summed E-state index contributed by atoms with van der Waals surface area (Å²) < 4.78 is -0.329. The van der Waals surface area contributed by atoms with Gasteiger partial charge in [0.05, 0.1) is 0 Å². The second-order valence-electron chi connectivity index (χ2n) is 7.94.